The number of benzene rings is 1. The molecule has 1 saturated heterocycles. The molecule has 1 aliphatic rings. The molecule has 7 nitrogen and oxygen atoms in total. The lowest BCUT2D eigenvalue weighted by Gasteiger charge is -2.32. The number of fused-ring (bicyclic) bond motifs is 3. The molecule has 0 radical (unpaired) electrons. The second-order valence-electron chi connectivity index (χ2n) is 7.82. The predicted molar refractivity (Wildman–Crippen MR) is 118 cm³/mol. The fourth-order valence-electron chi connectivity index (χ4n) is 4.26. The Morgan fingerprint density at radius 1 is 1.27 bits per heavy atom. The molecule has 0 saturated carbocycles. The van der Waals surface area contributed by atoms with Crippen molar-refractivity contribution in [2.24, 2.45) is 5.92 Å². The van der Waals surface area contributed by atoms with Crippen molar-refractivity contribution in [3.8, 4) is 0 Å². The number of nitrogens with zero attached hydrogens (tertiary/aromatic N) is 3. The van der Waals surface area contributed by atoms with Gasteiger partial charge in [-0.25, -0.2) is 4.52 Å². The molecule has 1 aliphatic heterocycles. The van der Waals surface area contributed by atoms with Crippen LogP contribution in [-0.2, 0) is 6.54 Å². The number of piperidine rings is 1. The van der Waals surface area contributed by atoms with Crippen LogP contribution in [0.2, 0.25) is 0 Å². The summed E-state index contributed by atoms with van der Waals surface area (Å²) < 4.78 is 1.62. The number of rotatable bonds is 5. The molecule has 2 N–H and O–H groups in total. The maximum atomic E-state index is 12.8. The van der Waals surface area contributed by atoms with Gasteiger partial charge in [0.05, 0.1) is 17.1 Å². The quantitative estimate of drug-likeness (QED) is 0.519. The molecule has 5 rings (SSSR count). The van der Waals surface area contributed by atoms with E-state index in [0.29, 0.717) is 34.6 Å². The van der Waals surface area contributed by atoms with Crippen LogP contribution in [0.15, 0.2) is 52.8 Å². The number of carbonyl (C=O) groups is 1. The van der Waals surface area contributed by atoms with Crippen molar-refractivity contribution in [3.05, 3.63) is 68.8 Å². The fourth-order valence-corrected chi connectivity index (χ4v) is 5.01. The van der Waals surface area contributed by atoms with Gasteiger partial charge in [-0.1, -0.05) is 18.2 Å². The Hall–Kier alpha value is -2.97. The Morgan fingerprint density at radius 3 is 3.03 bits per heavy atom. The molecule has 0 spiro atoms. The number of nitrogens with one attached hydrogen (secondary N) is 2. The minimum absolute atomic E-state index is 0.202. The molecule has 1 fully saturated rings. The number of para-hydroxylation sites is 1. The predicted octanol–water partition coefficient (Wildman–Crippen LogP) is 2.88. The van der Waals surface area contributed by atoms with Gasteiger partial charge in [0, 0.05) is 24.5 Å². The molecule has 0 bridgehead atoms. The standard InChI is InChI=1S/C22H23N5O2S/c28-21(23-11-15-5-3-9-26(13-15)14-16-6-4-10-30-16)18-12-24-27-19-8-2-1-7-17(19)22(29)25-20(18)27/h1-2,4,6-8,10,12,15H,3,5,9,11,13-14H2,(H,23,28)(H,25,29). The van der Waals surface area contributed by atoms with Crippen molar-refractivity contribution in [2.75, 3.05) is 19.6 Å². The lowest BCUT2D eigenvalue weighted by molar-refractivity contribution is 0.0932. The number of aromatic nitrogens is 3. The number of likely N-dealkylation sites (tertiary alicyclic amines) is 1. The van der Waals surface area contributed by atoms with E-state index in [1.807, 2.05) is 18.2 Å². The first-order valence-corrected chi connectivity index (χ1v) is 11.1. The van der Waals surface area contributed by atoms with Crippen molar-refractivity contribution in [1.29, 1.82) is 0 Å². The minimum Gasteiger partial charge on any atom is -0.352 e. The second-order valence-corrected chi connectivity index (χ2v) is 8.85. The summed E-state index contributed by atoms with van der Waals surface area (Å²) in [6.07, 6.45) is 3.77. The average molecular weight is 422 g/mol. The van der Waals surface area contributed by atoms with Crippen LogP contribution in [0.25, 0.3) is 16.6 Å². The zero-order chi connectivity index (χ0) is 20.5. The molecular weight excluding hydrogens is 398 g/mol. The molecule has 8 heteroatoms. The van der Waals surface area contributed by atoms with Crippen molar-refractivity contribution in [3.63, 3.8) is 0 Å². The normalized spacial score (nSPS) is 17.5. The monoisotopic (exact) mass is 421 g/mol. The van der Waals surface area contributed by atoms with E-state index >= 15 is 0 Å². The number of thiophene rings is 1. The largest absolute Gasteiger partial charge is 0.352 e. The Balaban J connectivity index is 1.29. The number of amides is 1. The molecule has 1 aromatic carbocycles. The average Bonchev–Trinajstić information content (AvgIpc) is 3.42. The van der Waals surface area contributed by atoms with Crippen molar-refractivity contribution in [2.45, 2.75) is 19.4 Å². The molecule has 4 aromatic rings. The van der Waals surface area contributed by atoms with E-state index in [0.717, 1.165) is 32.5 Å². The number of hydrogen-bond acceptors (Lipinski definition) is 5. The second kappa shape index (κ2) is 8.04. The van der Waals surface area contributed by atoms with Gasteiger partial charge in [0.15, 0.2) is 0 Å². The Labute approximate surface area is 177 Å². The van der Waals surface area contributed by atoms with Crippen molar-refractivity contribution >= 4 is 33.8 Å². The summed E-state index contributed by atoms with van der Waals surface area (Å²) >= 11 is 1.79. The van der Waals surface area contributed by atoms with E-state index in [9.17, 15) is 9.59 Å². The van der Waals surface area contributed by atoms with Gasteiger partial charge >= 0.3 is 0 Å². The van der Waals surface area contributed by atoms with Crippen LogP contribution in [0.4, 0.5) is 0 Å². The number of H-pyrrole nitrogens is 1. The van der Waals surface area contributed by atoms with E-state index in [-0.39, 0.29) is 11.5 Å². The summed E-state index contributed by atoms with van der Waals surface area (Å²) in [7, 11) is 0. The highest BCUT2D eigenvalue weighted by Crippen LogP contribution is 2.20. The lowest BCUT2D eigenvalue weighted by Crippen LogP contribution is -2.40. The van der Waals surface area contributed by atoms with E-state index in [1.54, 1.807) is 21.9 Å². The van der Waals surface area contributed by atoms with Crippen molar-refractivity contribution < 1.29 is 4.79 Å². The summed E-state index contributed by atoms with van der Waals surface area (Å²) in [6, 6.07) is 11.5. The summed E-state index contributed by atoms with van der Waals surface area (Å²) in [5.41, 5.74) is 1.29. The topological polar surface area (TPSA) is 82.5 Å². The maximum absolute atomic E-state index is 12.8. The van der Waals surface area contributed by atoms with Gasteiger partial charge < -0.3 is 10.3 Å². The first-order chi connectivity index (χ1) is 14.7. The van der Waals surface area contributed by atoms with E-state index in [2.05, 4.69) is 37.8 Å². The van der Waals surface area contributed by atoms with Crippen LogP contribution in [0.3, 0.4) is 0 Å². The van der Waals surface area contributed by atoms with Crippen LogP contribution in [-0.4, -0.2) is 45.0 Å². The van der Waals surface area contributed by atoms with Crippen LogP contribution < -0.4 is 10.9 Å². The number of aromatic amines is 1. The molecule has 0 aliphatic carbocycles. The summed E-state index contributed by atoms with van der Waals surface area (Å²) in [4.78, 5) is 31.9. The molecule has 3 aromatic heterocycles. The Bertz CT molecular complexity index is 1240. The van der Waals surface area contributed by atoms with Gasteiger partial charge in [-0.2, -0.15) is 5.10 Å². The number of hydrogen-bond donors (Lipinski definition) is 2. The number of carbonyl (C=O) groups excluding carboxylic acids is 1. The minimum atomic E-state index is -0.218. The highest BCUT2D eigenvalue weighted by atomic mass is 32.1. The maximum Gasteiger partial charge on any atom is 0.259 e. The summed E-state index contributed by atoms with van der Waals surface area (Å²) in [6.45, 7) is 3.68. The Kier molecular flexibility index (Phi) is 5.10. The highest BCUT2D eigenvalue weighted by Gasteiger charge is 2.22. The zero-order valence-corrected chi connectivity index (χ0v) is 17.3. The SMILES string of the molecule is O=C(NCC1CCCN(Cc2cccs2)C1)c1cnn2c1[nH]c(=O)c1ccccc12. The van der Waals surface area contributed by atoms with Gasteiger partial charge in [-0.05, 0) is 48.9 Å². The van der Waals surface area contributed by atoms with Crippen molar-refractivity contribution in [1.82, 2.24) is 24.8 Å². The molecular formula is C22H23N5O2S. The molecule has 1 atom stereocenters. The third-order valence-electron chi connectivity index (χ3n) is 5.74. The smallest absolute Gasteiger partial charge is 0.259 e. The van der Waals surface area contributed by atoms with E-state index < -0.39 is 0 Å². The van der Waals surface area contributed by atoms with E-state index in [1.165, 1.54) is 11.1 Å². The van der Waals surface area contributed by atoms with Crippen LogP contribution in [0.1, 0.15) is 28.1 Å². The van der Waals surface area contributed by atoms with E-state index in [4.69, 9.17) is 0 Å². The fraction of sp³-hybridized carbons (Fsp3) is 0.318. The van der Waals surface area contributed by atoms with Crippen LogP contribution in [0, 0.1) is 5.92 Å². The van der Waals surface area contributed by atoms with Gasteiger partial charge in [0.2, 0.25) is 0 Å². The summed E-state index contributed by atoms with van der Waals surface area (Å²) in [5.74, 6) is 0.218. The van der Waals surface area contributed by atoms with Gasteiger partial charge in [0.1, 0.15) is 11.2 Å². The molecule has 30 heavy (non-hydrogen) atoms. The third kappa shape index (κ3) is 3.64. The molecule has 154 valence electrons. The molecule has 4 heterocycles. The molecule has 1 amide bonds. The highest BCUT2D eigenvalue weighted by molar-refractivity contribution is 7.09. The first kappa shape index (κ1) is 19.0. The van der Waals surface area contributed by atoms with Gasteiger partial charge in [-0.3, -0.25) is 14.5 Å². The Morgan fingerprint density at radius 2 is 2.17 bits per heavy atom. The van der Waals surface area contributed by atoms with Gasteiger partial charge in [-0.15, -0.1) is 11.3 Å². The zero-order valence-electron chi connectivity index (χ0n) is 16.5. The van der Waals surface area contributed by atoms with Gasteiger partial charge in [0.25, 0.3) is 11.5 Å². The van der Waals surface area contributed by atoms with Crippen LogP contribution >= 0.6 is 11.3 Å². The third-order valence-corrected chi connectivity index (χ3v) is 6.60. The molecule has 1 unspecified atom stereocenters. The van der Waals surface area contributed by atoms with Crippen LogP contribution in [0.5, 0.6) is 0 Å². The summed E-state index contributed by atoms with van der Waals surface area (Å²) in [5, 5.41) is 10.1. The lowest BCUT2D eigenvalue weighted by atomic mass is 9.98. The first-order valence-electron chi connectivity index (χ1n) is 10.2.